The molecule has 0 aliphatic carbocycles. The monoisotopic (exact) mass is 432 g/mol. The molecule has 0 saturated carbocycles. The molecule has 0 bridgehead atoms. The smallest absolute Gasteiger partial charge is 0.329 e. The fourth-order valence-corrected chi connectivity index (χ4v) is 4.76. The van der Waals surface area contributed by atoms with E-state index in [9.17, 15) is 19.5 Å². The number of hydrogen-bond donors (Lipinski definition) is 3. The molecule has 1 fully saturated rings. The van der Waals surface area contributed by atoms with E-state index in [1.54, 1.807) is 29.2 Å². The predicted octanol–water partition coefficient (Wildman–Crippen LogP) is 1.94. The molecule has 8 heteroatoms. The van der Waals surface area contributed by atoms with Gasteiger partial charge in [-0.25, -0.2) is 9.36 Å². The molecule has 2 atom stereocenters. The van der Waals surface area contributed by atoms with Crippen molar-refractivity contribution in [2.24, 2.45) is 0 Å². The Kier molecular flexibility index (Phi) is 5.14. The fraction of sp³-hybridized carbons (Fsp3) is 0.292. The molecule has 3 heterocycles. The highest BCUT2D eigenvalue weighted by Gasteiger charge is 2.35. The van der Waals surface area contributed by atoms with Crippen molar-refractivity contribution in [1.82, 2.24) is 19.4 Å². The molecule has 0 unspecified atom stereocenters. The van der Waals surface area contributed by atoms with Crippen molar-refractivity contribution in [3.8, 4) is 0 Å². The number of nitrogens with one attached hydrogen (secondary N) is 2. The molecule has 2 aromatic carbocycles. The molecule has 1 amide bonds. The number of aromatic nitrogens is 3. The minimum absolute atomic E-state index is 0.144. The molecule has 0 radical (unpaired) electrons. The summed E-state index contributed by atoms with van der Waals surface area (Å²) in [5.74, 6) is -0.324. The number of hydrogen-bond acceptors (Lipinski definition) is 4. The third kappa shape index (κ3) is 3.33. The third-order valence-electron chi connectivity index (χ3n) is 6.39. The van der Waals surface area contributed by atoms with E-state index in [2.05, 4.69) is 9.97 Å². The van der Waals surface area contributed by atoms with E-state index < -0.39 is 17.3 Å². The van der Waals surface area contributed by atoms with Gasteiger partial charge in [0.1, 0.15) is 6.04 Å². The average Bonchev–Trinajstić information content (AvgIpc) is 3.45. The molecule has 1 aliphatic rings. The minimum Gasteiger partial charge on any atom is -0.394 e. The van der Waals surface area contributed by atoms with Gasteiger partial charge in [0.2, 0.25) is 5.91 Å². The van der Waals surface area contributed by atoms with E-state index >= 15 is 0 Å². The number of likely N-dealkylation sites (tertiary alicyclic amines) is 1. The van der Waals surface area contributed by atoms with E-state index in [-0.39, 0.29) is 25.0 Å². The lowest BCUT2D eigenvalue weighted by Crippen LogP contribution is -2.48. The molecule has 5 rings (SSSR count). The summed E-state index contributed by atoms with van der Waals surface area (Å²) >= 11 is 0. The van der Waals surface area contributed by atoms with Crippen LogP contribution in [0.15, 0.2) is 64.3 Å². The maximum atomic E-state index is 13.7. The number of benzene rings is 2. The molecule has 4 aromatic rings. The Hall–Kier alpha value is -3.65. The van der Waals surface area contributed by atoms with Crippen LogP contribution in [0.2, 0.25) is 0 Å². The van der Waals surface area contributed by atoms with E-state index in [1.807, 2.05) is 30.5 Å². The maximum absolute atomic E-state index is 13.7. The van der Waals surface area contributed by atoms with Gasteiger partial charge in [-0.05, 0) is 36.6 Å². The second-order valence-corrected chi connectivity index (χ2v) is 8.24. The van der Waals surface area contributed by atoms with Gasteiger partial charge >= 0.3 is 5.69 Å². The van der Waals surface area contributed by atoms with Crippen molar-refractivity contribution in [1.29, 1.82) is 0 Å². The number of aliphatic hydroxyl groups excluding tert-OH is 1. The lowest BCUT2D eigenvalue weighted by atomic mass is 10.0. The summed E-state index contributed by atoms with van der Waals surface area (Å²) in [6.45, 7) is 0.350. The number of amides is 1. The molecule has 8 nitrogen and oxygen atoms in total. The third-order valence-corrected chi connectivity index (χ3v) is 6.39. The number of aromatic amines is 2. The number of rotatable bonds is 5. The SMILES string of the molecule is O=C([C@H](Cc1c[nH]c2ccccc12)n1c(=O)[nH]c2ccccc2c1=O)N1CCC[C@H]1CO. The van der Waals surface area contributed by atoms with Gasteiger partial charge in [-0.3, -0.25) is 9.59 Å². The summed E-state index contributed by atoms with van der Waals surface area (Å²) in [7, 11) is 0. The Morgan fingerprint density at radius 1 is 1.06 bits per heavy atom. The topological polar surface area (TPSA) is 111 Å². The normalized spacial score (nSPS) is 17.3. The molecule has 1 saturated heterocycles. The second-order valence-electron chi connectivity index (χ2n) is 8.24. The number of carbonyl (C=O) groups is 1. The lowest BCUT2D eigenvalue weighted by Gasteiger charge is -2.28. The molecule has 2 aromatic heterocycles. The van der Waals surface area contributed by atoms with Crippen LogP contribution in [0, 0.1) is 0 Å². The van der Waals surface area contributed by atoms with Crippen LogP contribution in [0.4, 0.5) is 0 Å². The molecule has 0 spiro atoms. The molecular weight excluding hydrogens is 408 g/mol. The second kappa shape index (κ2) is 8.12. The van der Waals surface area contributed by atoms with Gasteiger partial charge in [0, 0.05) is 30.1 Å². The molecular formula is C24H24N4O4. The van der Waals surface area contributed by atoms with Crippen LogP contribution in [-0.2, 0) is 11.2 Å². The van der Waals surface area contributed by atoms with Crippen molar-refractivity contribution in [3.05, 3.63) is 81.1 Å². The number of aliphatic hydroxyl groups is 1. The van der Waals surface area contributed by atoms with Gasteiger partial charge in [-0.15, -0.1) is 0 Å². The Morgan fingerprint density at radius 3 is 2.56 bits per heavy atom. The van der Waals surface area contributed by atoms with E-state index in [4.69, 9.17) is 0 Å². The van der Waals surface area contributed by atoms with Gasteiger partial charge in [0.15, 0.2) is 0 Å². The number of fused-ring (bicyclic) bond motifs is 2. The summed E-state index contributed by atoms with van der Waals surface area (Å²) in [5.41, 5.74) is 1.08. The highest BCUT2D eigenvalue weighted by atomic mass is 16.3. The summed E-state index contributed by atoms with van der Waals surface area (Å²) in [6.07, 6.45) is 3.47. The number of para-hydroxylation sites is 2. The van der Waals surface area contributed by atoms with Crippen LogP contribution in [-0.4, -0.2) is 49.6 Å². The largest absolute Gasteiger partial charge is 0.394 e. The average molecular weight is 432 g/mol. The summed E-state index contributed by atoms with van der Waals surface area (Å²) in [6, 6.07) is 13.2. The highest BCUT2D eigenvalue weighted by Crippen LogP contribution is 2.26. The fourth-order valence-electron chi connectivity index (χ4n) is 4.76. The maximum Gasteiger partial charge on any atom is 0.329 e. The number of H-pyrrole nitrogens is 2. The van der Waals surface area contributed by atoms with Crippen LogP contribution >= 0.6 is 0 Å². The minimum atomic E-state index is -1.03. The first-order chi connectivity index (χ1) is 15.6. The zero-order valence-corrected chi connectivity index (χ0v) is 17.5. The van der Waals surface area contributed by atoms with E-state index in [0.717, 1.165) is 27.5 Å². The van der Waals surface area contributed by atoms with Crippen LogP contribution < -0.4 is 11.2 Å². The van der Waals surface area contributed by atoms with Gasteiger partial charge in [0.25, 0.3) is 5.56 Å². The van der Waals surface area contributed by atoms with E-state index in [1.165, 1.54) is 0 Å². The summed E-state index contributed by atoms with van der Waals surface area (Å²) in [5, 5.41) is 11.0. The van der Waals surface area contributed by atoms with Crippen molar-refractivity contribution >= 4 is 27.7 Å². The molecule has 32 heavy (non-hydrogen) atoms. The number of nitrogens with zero attached hydrogens (tertiary/aromatic N) is 2. The van der Waals surface area contributed by atoms with Crippen molar-refractivity contribution in [3.63, 3.8) is 0 Å². The Labute approximate surface area is 183 Å². The first kappa shape index (κ1) is 20.3. The summed E-state index contributed by atoms with van der Waals surface area (Å²) < 4.78 is 1.04. The van der Waals surface area contributed by atoms with E-state index in [0.29, 0.717) is 23.9 Å². The van der Waals surface area contributed by atoms with Crippen LogP contribution in [0.25, 0.3) is 21.8 Å². The quantitative estimate of drug-likeness (QED) is 0.447. The first-order valence-electron chi connectivity index (χ1n) is 10.8. The predicted molar refractivity (Wildman–Crippen MR) is 122 cm³/mol. The van der Waals surface area contributed by atoms with Crippen LogP contribution in [0.5, 0.6) is 0 Å². The zero-order valence-electron chi connectivity index (χ0n) is 17.5. The Balaban J connectivity index is 1.66. The highest BCUT2D eigenvalue weighted by molar-refractivity contribution is 5.86. The standard InChI is InChI=1S/C24H24N4O4/c29-14-16-6-5-11-27(16)23(31)21(12-15-13-25-19-9-3-1-7-17(15)19)28-22(30)18-8-2-4-10-20(18)26-24(28)32/h1-4,7-10,13,16,21,25,29H,5-6,11-12,14H2,(H,26,32)/t16-,21-/m0/s1. The Morgan fingerprint density at radius 2 is 1.78 bits per heavy atom. The molecule has 1 aliphatic heterocycles. The van der Waals surface area contributed by atoms with Gasteiger partial charge in [0.05, 0.1) is 23.6 Å². The van der Waals surface area contributed by atoms with Gasteiger partial charge in [-0.1, -0.05) is 30.3 Å². The van der Waals surface area contributed by atoms with Crippen molar-refractivity contribution in [2.45, 2.75) is 31.3 Å². The van der Waals surface area contributed by atoms with Crippen molar-refractivity contribution in [2.75, 3.05) is 13.2 Å². The van der Waals surface area contributed by atoms with Gasteiger partial charge < -0.3 is 20.0 Å². The van der Waals surface area contributed by atoms with Crippen molar-refractivity contribution < 1.29 is 9.90 Å². The van der Waals surface area contributed by atoms with Crippen LogP contribution in [0.1, 0.15) is 24.4 Å². The first-order valence-corrected chi connectivity index (χ1v) is 10.8. The number of carbonyl (C=O) groups excluding carboxylic acids is 1. The van der Waals surface area contributed by atoms with Gasteiger partial charge in [-0.2, -0.15) is 0 Å². The Bertz CT molecular complexity index is 1420. The zero-order chi connectivity index (χ0) is 22.2. The van der Waals surface area contributed by atoms with Crippen LogP contribution in [0.3, 0.4) is 0 Å². The summed E-state index contributed by atoms with van der Waals surface area (Å²) in [4.78, 5) is 47.7. The molecule has 164 valence electrons. The molecule has 3 N–H and O–H groups in total. The lowest BCUT2D eigenvalue weighted by molar-refractivity contribution is -0.136.